The highest BCUT2D eigenvalue weighted by atomic mass is 32.2. The zero-order valence-electron chi connectivity index (χ0n) is 20.9. The van der Waals surface area contributed by atoms with Crippen LogP contribution in [0.4, 0.5) is 5.69 Å². The Labute approximate surface area is 218 Å². The number of ether oxygens (including phenoxy) is 1. The molecule has 0 saturated carbocycles. The Hall–Kier alpha value is -4.10. The Balaban J connectivity index is 1.68. The highest BCUT2D eigenvalue weighted by Gasteiger charge is 2.28. The van der Waals surface area contributed by atoms with Crippen molar-refractivity contribution in [3.05, 3.63) is 126 Å². The smallest absolute Gasteiger partial charge is 0.264 e. The van der Waals surface area contributed by atoms with Gasteiger partial charge in [0.1, 0.15) is 12.3 Å². The maximum Gasteiger partial charge on any atom is 0.264 e. The summed E-state index contributed by atoms with van der Waals surface area (Å²) in [5, 5.41) is 3.08. The first kappa shape index (κ1) is 26.0. The third-order valence-corrected chi connectivity index (χ3v) is 7.78. The second-order valence-corrected chi connectivity index (χ2v) is 10.4. The predicted octanol–water partition coefficient (Wildman–Crippen LogP) is 5.49. The van der Waals surface area contributed by atoms with Gasteiger partial charge < -0.3 is 10.1 Å². The van der Waals surface area contributed by atoms with Crippen molar-refractivity contribution in [2.75, 3.05) is 17.5 Å². The summed E-state index contributed by atoms with van der Waals surface area (Å²) < 4.78 is 34.0. The van der Waals surface area contributed by atoms with Crippen molar-refractivity contribution in [1.82, 2.24) is 5.32 Å². The highest BCUT2D eigenvalue weighted by molar-refractivity contribution is 7.92. The summed E-state index contributed by atoms with van der Waals surface area (Å²) in [7, 11) is -4.02. The van der Waals surface area contributed by atoms with Gasteiger partial charge in [0.05, 0.1) is 23.2 Å². The van der Waals surface area contributed by atoms with Crippen LogP contribution in [0.1, 0.15) is 29.7 Å². The maximum absolute atomic E-state index is 13.7. The lowest BCUT2D eigenvalue weighted by atomic mass is 9.95. The molecular weight excluding hydrogens is 484 g/mol. The van der Waals surface area contributed by atoms with E-state index in [0.29, 0.717) is 18.0 Å². The molecule has 0 radical (unpaired) electrons. The summed E-state index contributed by atoms with van der Waals surface area (Å²) in [5.41, 5.74) is 3.25. The summed E-state index contributed by atoms with van der Waals surface area (Å²) in [5.74, 6) is 0.196. The number of anilines is 1. The fourth-order valence-electron chi connectivity index (χ4n) is 4.14. The number of nitrogens with one attached hydrogen (secondary N) is 1. The first-order chi connectivity index (χ1) is 17.9. The van der Waals surface area contributed by atoms with Gasteiger partial charge in [-0.2, -0.15) is 0 Å². The molecule has 0 spiro atoms. The Morgan fingerprint density at radius 3 is 2.05 bits per heavy atom. The normalized spacial score (nSPS) is 11.9. The highest BCUT2D eigenvalue weighted by Crippen LogP contribution is 2.28. The topological polar surface area (TPSA) is 75.7 Å². The molecule has 0 fully saturated rings. The van der Waals surface area contributed by atoms with Crippen molar-refractivity contribution >= 4 is 21.6 Å². The molecule has 1 atom stereocenters. The fraction of sp³-hybridized carbons (Fsp3) is 0.167. The molecule has 0 saturated heterocycles. The van der Waals surface area contributed by atoms with Crippen molar-refractivity contribution in [2.45, 2.75) is 24.8 Å². The SMILES string of the molecule is CCOc1ccc(N(CC(=O)N[C@H](c2ccccc2)c2ccccc2C)S(=O)(=O)c2ccccc2)cc1. The number of aryl methyl sites for hydroxylation is 1. The zero-order valence-corrected chi connectivity index (χ0v) is 21.7. The Bertz CT molecular complexity index is 1420. The number of rotatable bonds is 10. The predicted molar refractivity (Wildman–Crippen MR) is 146 cm³/mol. The van der Waals surface area contributed by atoms with E-state index in [0.717, 1.165) is 21.0 Å². The lowest BCUT2D eigenvalue weighted by molar-refractivity contribution is -0.120. The molecule has 37 heavy (non-hydrogen) atoms. The molecule has 4 rings (SSSR count). The second-order valence-electron chi connectivity index (χ2n) is 8.52. The van der Waals surface area contributed by atoms with Crippen LogP contribution in [0.15, 0.2) is 114 Å². The Morgan fingerprint density at radius 2 is 1.43 bits per heavy atom. The van der Waals surface area contributed by atoms with E-state index in [-0.39, 0.29) is 11.4 Å². The average molecular weight is 515 g/mol. The third-order valence-electron chi connectivity index (χ3n) is 5.99. The van der Waals surface area contributed by atoms with Crippen molar-refractivity contribution in [2.24, 2.45) is 0 Å². The molecule has 1 N–H and O–H groups in total. The van der Waals surface area contributed by atoms with Gasteiger partial charge in [0.25, 0.3) is 10.0 Å². The van der Waals surface area contributed by atoms with E-state index in [1.807, 2.05) is 68.4 Å². The Kier molecular flexibility index (Phi) is 8.25. The number of hydrogen-bond acceptors (Lipinski definition) is 4. The molecule has 0 aliphatic rings. The standard InChI is InChI=1S/C30H30N2O4S/c1-3-36-26-20-18-25(19-21-26)32(37(34,35)27-15-8-5-9-16-27)22-29(33)31-30(24-13-6-4-7-14-24)28-17-11-10-12-23(28)2/h4-21,30H,3,22H2,1-2H3,(H,31,33)/t30-/m1/s1. The molecule has 4 aromatic rings. The number of carbonyl (C=O) groups is 1. The minimum Gasteiger partial charge on any atom is -0.494 e. The third kappa shape index (κ3) is 6.19. The summed E-state index contributed by atoms with van der Waals surface area (Å²) in [6.07, 6.45) is 0. The number of hydrogen-bond donors (Lipinski definition) is 1. The largest absolute Gasteiger partial charge is 0.494 e. The molecule has 0 heterocycles. The molecule has 6 nitrogen and oxygen atoms in total. The van der Waals surface area contributed by atoms with Crippen molar-refractivity contribution in [3.8, 4) is 5.75 Å². The number of nitrogens with zero attached hydrogens (tertiary/aromatic N) is 1. The summed E-state index contributed by atoms with van der Waals surface area (Å²) in [4.78, 5) is 13.6. The van der Waals surface area contributed by atoms with E-state index in [4.69, 9.17) is 4.74 Å². The van der Waals surface area contributed by atoms with Crippen LogP contribution in [-0.4, -0.2) is 27.5 Å². The molecule has 7 heteroatoms. The zero-order chi connectivity index (χ0) is 26.3. The molecule has 0 unspecified atom stereocenters. The van der Waals surface area contributed by atoms with Gasteiger partial charge in [0, 0.05) is 0 Å². The number of sulfonamides is 1. The molecule has 0 aromatic heterocycles. The van der Waals surface area contributed by atoms with Crippen molar-refractivity contribution in [1.29, 1.82) is 0 Å². The lowest BCUT2D eigenvalue weighted by Crippen LogP contribution is -2.42. The monoisotopic (exact) mass is 514 g/mol. The maximum atomic E-state index is 13.7. The van der Waals surface area contributed by atoms with Gasteiger partial charge in [-0.15, -0.1) is 0 Å². The Morgan fingerprint density at radius 1 is 0.838 bits per heavy atom. The molecular formula is C30H30N2O4S. The molecule has 1 amide bonds. The van der Waals surface area contributed by atoms with Gasteiger partial charge in [-0.25, -0.2) is 8.42 Å². The number of benzene rings is 4. The summed E-state index contributed by atoms with van der Waals surface area (Å²) in [6.45, 7) is 3.97. The number of amides is 1. The fourth-order valence-corrected chi connectivity index (χ4v) is 5.59. The number of carbonyl (C=O) groups excluding carboxylic acids is 1. The lowest BCUT2D eigenvalue weighted by Gasteiger charge is -2.27. The van der Waals surface area contributed by atoms with Crippen LogP contribution in [0.2, 0.25) is 0 Å². The minimum absolute atomic E-state index is 0.107. The summed E-state index contributed by atoms with van der Waals surface area (Å²) in [6, 6.07) is 31.8. The molecule has 0 aliphatic carbocycles. The van der Waals surface area contributed by atoms with Gasteiger partial charge in [-0.05, 0) is 66.9 Å². The average Bonchev–Trinajstić information content (AvgIpc) is 2.92. The molecule has 4 aromatic carbocycles. The first-order valence-electron chi connectivity index (χ1n) is 12.1. The molecule has 0 aliphatic heterocycles. The minimum atomic E-state index is -4.02. The van der Waals surface area contributed by atoms with Gasteiger partial charge >= 0.3 is 0 Å². The van der Waals surface area contributed by atoms with E-state index in [1.54, 1.807) is 42.5 Å². The van der Waals surface area contributed by atoms with E-state index in [1.165, 1.54) is 12.1 Å². The van der Waals surface area contributed by atoms with Crippen LogP contribution in [0, 0.1) is 6.92 Å². The first-order valence-corrected chi connectivity index (χ1v) is 13.5. The molecule has 190 valence electrons. The quantitative estimate of drug-likeness (QED) is 0.303. The molecule has 0 bridgehead atoms. The van der Waals surface area contributed by atoms with Crippen LogP contribution < -0.4 is 14.4 Å². The van der Waals surface area contributed by atoms with Crippen LogP contribution >= 0.6 is 0 Å². The van der Waals surface area contributed by atoms with E-state index in [2.05, 4.69) is 5.32 Å². The summed E-state index contributed by atoms with van der Waals surface area (Å²) >= 11 is 0. The van der Waals surface area contributed by atoms with Gasteiger partial charge in [0.2, 0.25) is 5.91 Å². The van der Waals surface area contributed by atoms with Gasteiger partial charge in [0.15, 0.2) is 0 Å². The van der Waals surface area contributed by atoms with Crippen molar-refractivity contribution in [3.63, 3.8) is 0 Å². The van der Waals surface area contributed by atoms with Gasteiger partial charge in [-0.1, -0.05) is 72.8 Å². The van der Waals surface area contributed by atoms with Crippen molar-refractivity contribution < 1.29 is 17.9 Å². The van der Waals surface area contributed by atoms with Crippen LogP contribution in [0.25, 0.3) is 0 Å². The van der Waals surface area contributed by atoms with E-state index in [9.17, 15) is 13.2 Å². The van der Waals surface area contributed by atoms with E-state index >= 15 is 0 Å². The van der Waals surface area contributed by atoms with E-state index < -0.39 is 22.0 Å². The van der Waals surface area contributed by atoms with Crippen LogP contribution in [0.3, 0.4) is 0 Å². The van der Waals surface area contributed by atoms with Crippen LogP contribution in [0.5, 0.6) is 5.75 Å². The van der Waals surface area contributed by atoms with Crippen LogP contribution in [-0.2, 0) is 14.8 Å². The van der Waals surface area contributed by atoms with Gasteiger partial charge in [-0.3, -0.25) is 9.10 Å². The second kappa shape index (κ2) is 11.8.